The standard InChI is InChI=1S/C11H7Br2Cl2F2N3O/c1-20-10(21-11(16)17)7(13)9(19-20)5-3(14)2-4(15)8(18)6(5)12/h2,11H,18H2,1H3. The molecule has 0 aliphatic heterocycles. The van der Waals surface area contributed by atoms with Crippen LogP contribution in [0, 0.1) is 0 Å². The smallest absolute Gasteiger partial charge is 0.388 e. The van der Waals surface area contributed by atoms with Gasteiger partial charge in [-0.1, -0.05) is 23.2 Å². The summed E-state index contributed by atoms with van der Waals surface area (Å²) in [5.41, 5.74) is 6.82. The Kier molecular flexibility index (Phi) is 5.02. The minimum atomic E-state index is -2.97. The van der Waals surface area contributed by atoms with E-state index in [0.717, 1.165) is 0 Å². The number of anilines is 1. The van der Waals surface area contributed by atoms with Gasteiger partial charge < -0.3 is 10.5 Å². The van der Waals surface area contributed by atoms with Crippen molar-refractivity contribution in [3.05, 3.63) is 25.1 Å². The molecule has 0 saturated heterocycles. The van der Waals surface area contributed by atoms with E-state index in [1.165, 1.54) is 17.8 Å². The number of rotatable bonds is 3. The SMILES string of the molecule is Cn1nc(-c2c(Cl)cc(Cl)c(N)c2Br)c(Br)c1OC(F)F. The lowest BCUT2D eigenvalue weighted by atomic mass is 10.1. The second kappa shape index (κ2) is 6.28. The van der Waals surface area contributed by atoms with E-state index < -0.39 is 6.61 Å². The van der Waals surface area contributed by atoms with Crippen molar-refractivity contribution in [2.45, 2.75) is 6.61 Å². The average molecular weight is 466 g/mol. The lowest BCUT2D eigenvalue weighted by molar-refractivity contribution is -0.0558. The molecule has 114 valence electrons. The van der Waals surface area contributed by atoms with E-state index in [9.17, 15) is 8.78 Å². The van der Waals surface area contributed by atoms with E-state index in [-0.39, 0.29) is 26.1 Å². The van der Waals surface area contributed by atoms with Crippen LogP contribution in [-0.2, 0) is 7.05 Å². The molecule has 0 radical (unpaired) electrons. The summed E-state index contributed by atoms with van der Waals surface area (Å²) >= 11 is 18.5. The molecule has 1 heterocycles. The third-order valence-electron chi connectivity index (χ3n) is 2.58. The topological polar surface area (TPSA) is 53.1 Å². The molecule has 4 nitrogen and oxygen atoms in total. The van der Waals surface area contributed by atoms with Crippen molar-refractivity contribution >= 4 is 60.7 Å². The van der Waals surface area contributed by atoms with Crippen LogP contribution in [0.1, 0.15) is 0 Å². The molecule has 0 bridgehead atoms. The van der Waals surface area contributed by atoms with Crippen LogP contribution in [0.5, 0.6) is 5.88 Å². The quantitative estimate of drug-likeness (QED) is 0.641. The largest absolute Gasteiger partial charge is 0.416 e. The Hall–Kier alpha value is -0.570. The number of aryl methyl sites for hydroxylation is 1. The van der Waals surface area contributed by atoms with E-state index >= 15 is 0 Å². The molecule has 1 aromatic heterocycles. The first-order chi connectivity index (χ1) is 9.73. The van der Waals surface area contributed by atoms with Crippen LogP contribution in [0.15, 0.2) is 15.0 Å². The van der Waals surface area contributed by atoms with Gasteiger partial charge in [-0.15, -0.1) is 0 Å². The molecule has 2 rings (SSSR count). The average Bonchev–Trinajstić information content (AvgIpc) is 2.64. The van der Waals surface area contributed by atoms with Crippen molar-refractivity contribution in [3.8, 4) is 17.1 Å². The lowest BCUT2D eigenvalue weighted by Crippen LogP contribution is -2.06. The molecule has 0 amide bonds. The van der Waals surface area contributed by atoms with Gasteiger partial charge in [-0.2, -0.15) is 13.9 Å². The fourth-order valence-electron chi connectivity index (χ4n) is 1.68. The highest BCUT2D eigenvalue weighted by Crippen LogP contribution is 2.46. The molecule has 0 aliphatic carbocycles. The van der Waals surface area contributed by atoms with Crippen molar-refractivity contribution in [1.82, 2.24) is 9.78 Å². The van der Waals surface area contributed by atoms with Crippen molar-refractivity contribution in [2.75, 3.05) is 5.73 Å². The summed E-state index contributed by atoms with van der Waals surface area (Å²) < 4.78 is 31.1. The molecule has 0 saturated carbocycles. The molecular weight excluding hydrogens is 459 g/mol. The van der Waals surface area contributed by atoms with Crippen LogP contribution < -0.4 is 10.5 Å². The van der Waals surface area contributed by atoms with Crippen LogP contribution in [0.25, 0.3) is 11.3 Å². The maximum Gasteiger partial charge on any atom is 0.388 e. The van der Waals surface area contributed by atoms with Crippen molar-refractivity contribution in [1.29, 1.82) is 0 Å². The van der Waals surface area contributed by atoms with Crippen molar-refractivity contribution in [3.63, 3.8) is 0 Å². The highest BCUT2D eigenvalue weighted by molar-refractivity contribution is 9.11. The first-order valence-electron chi connectivity index (χ1n) is 5.34. The molecule has 0 spiro atoms. The number of halogens is 6. The lowest BCUT2D eigenvalue weighted by Gasteiger charge is -2.09. The minimum absolute atomic E-state index is 0.128. The first kappa shape index (κ1) is 16.8. The second-order valence-electron chi connectivity index (χ2n) is 3.91. The minimum Gasteiger partial charge on any atom is -0.416 e. The van der Waals surface area contributed by atoms with Crippen LogP contribution >= 0.6 is 55.1 Å². The highest BCUT2D eigenvalue weighted by Gasteiger charge is 2.24. The number of alkyl halides is 2. The number of hydrogen-bond acceptors (Lipinski definition) is 3. The van der Waals surface area contributed by atoms with Crippen LogP contribution in [-0.4, -0.2) is 16.4 Å². The normalized spacial score (nSPS) is 11.2. The Bertz CT molecular complexity index is 710. The maximum atomic E-state index is 12.4. The van der Waals surface area contributed by atoms with Gasteiger partial charge in [-0.3, -0.25) is 0 Å². The summed E-state index contributed by atoms with van der Waals surface area (Å²) in [7, 11) is 1.47. The van der Waals surface area contributed by atoms with Gasteiger partial charge in [0.1, 0.15) is 10.2 Å². The van der Waals surface area contributed by atoms with Gasteiger partial charge in [0, 0.05) is 12.6 Å². The molecule has 1 aromatic carbocycles. The third-order valence-corrected chi connectivity index (χ3v) is 4.73. The van der Waals surface area contributed by atoms with Crippen LogP contribution in [0.3, 0.4) is 0 Å². The number of nitrogens with zero attached hydrogens (tertiary/aromatic N) is 2. The Balaban J connectivity index is 2.66. The van der Waals surface area contributed by atoms with E-state index in [1.54, 1.807) is 0 Å². The maximum absolute atomic E-state index is 12.4. The predicted molar refractivity (Wildman–Crippen MR) is 85.1 cm³/mol. The molecule has 0 fully saturated rings. The molecule has 2 aromatic rings. The van der Waals surface area contributed by atoms with Gasteiger partial charge in [-0.25, -0.2) is 4.68 Å². The molecular formula is C11H7Br2Cl2F2N3O. The van der Waals surface area contributed by atoms with Gasteiger partial charge in [0.05, 0.1) is 20.2 Å². The number of nitrogens with two attached hydrogens (primary N) is 1. The van der Waals surface area contributed by atoms with Gasteiger partial charge in [0.15, 0.2) is 0 Å². The number of ether oxygens (including phenoxy) is 1. The fourth-order valence-corrected chi connectivity index (χ4v) is 3.70. The Morgan fingerprint density at radius 3 is 2.48 bits per heavy atom. The number of hydrogen-bond donors (Lipinski definition) is 1. The monoisotopic (exact) mass is 463 g/mol. The Labute approximate surface area is 145 Å². The van der Waals surface area contributed by atoms with Crippen LogP contribution in [0.4, 0.5) is 14.5 Å². The van der Waals surface area contributed by atoms with Crippen molar-refractivity contribution < 1.29 is 13.5 Å². The van der Waals surface area contributed by atoms with Crippen LogP contribution in [0.2, 0.25) is 10.0 Å². The Morgan fingerprint density at radius 2 is 1.90 bits per heavy atom. The third kappa shape index (κ3) is 3.13. The van der Waals surface area contributed by atoms with Gasteiger partial charge in [0.25, 0.3) is 0 Å². The van der Waals surface area contributed by atoms with E-state index in [2.05, 4.69) is 41.7 Å². The number of nitrogen functional groups attached to an aromatic ring is 1. The zero-order chi connectivity index (χ0) is 15.9. The molecule has 2 N–H and O–H groups in total. The first-order valence-corrected chi connectivity index (χ1v) is 7.68. The Morgan fingerprint density at radius 1 is 1.29 bits per heavy atom. The predicted octanol–water partition coefficient (Wildman–Crippen LogP) is 5.10. The van der Waals surface area contributed by atoms with E-state index in [1.807, 2.05) is 0 Å². The summed E-state index contributed by atoms with van der Waals surface area (Å²) in [5.74, 6) is -0.128. The van der Waals surface area contributed by atoms with Gasteiger partial charge in [-0.05, 0) is 37.9 Å². The summed E-state index contributed by atoms with van der Waals surface area (Å²) in [6.45, 7) is -2.97. The molecule has 10 heteroatoms. The molecule has 0 atom stereocenters. The molecule has 0 unspecified atom stereocenters. The zero-order valence-corrected chi connectivity index (χ0v) is 15.0. The molecule has 0 aliphatic rings. The number of benzene rings is 1. The van der Waals surface area contributed by atoms with Gasteiger partial charge in [0.2, 0.25) is 5.88 Å². The summed E-state index contributed by atoms with van der Waals surface area (Å²) in [4.78, 5) is 0. The van der Waals surface area contributed by atoms with E-state index in [4.69, 9.17) is 28.9 Å². The highest BCUT2D eigenvalue weighted by atomic mass is 79.9. The van der Waals surface area contributed by atoms with Gasteiger partial charge >= 0.3 is 6.61 Å². The number of aromatic nitrogens is 2. The summed E-state index contributed by atoms with van der Waals surface area (Å²) in [6, 6.07) is 1.45. The van der Waals surface area contributed by atoms with Crippen molar-refractivity contribution in [2.24, 2.45) is 7.05 Å². The molecule has 21 heavy (non-hydrogen) atoms. The summed E-state index contributed by atoms with van der Waals surface area (Å²) in [5, 5.41) is 4.66. The second-order valence-corrected chi connectivity index (χ2v) is 6.31. The zero-order valence-electron chi connectivity index (χ0n) is 10.3. The van der Waals surface area contributed by atoms with E-state index in [0.29, 0.717) is 15.7 Å². The summed E-state index contributed by atoms with van der Waals surface area (Å²) in [6.07, 6.45) is 0. The fraction of sp³-hybridized carbons (Fsp3) is 0.182.